The number of hydrogen-bond donors (Lipinski definition) is 0. The molecule has 0 fully saturated rings. The number of anilines is 3. The van der Waals surface area contributed by atoms with E-state index in [1.165, 1.54) is 11.1 Å². The zero-order chi connectivity index (χ0) is 20.2. The van der Waals surface area contributed by atoms with Gasteiger partial charge in [0.2, 0.25) is 0 Å². The van der Waals surface area contributed by atoms with E-state index < -0.39 is 0 Å². The van der Waals surface area contributed by atoms with Crippen molar-refractivity contribution in [3.8, 4) is 0 Å². The lowest BCUT2D eigenvalue weighted by Gasteiger charge is -2.26. The molecule has 1 heteroatoms. The number of nitrogens with zero attached hydrogens (tertiary/aromatic N) is 1. The third-order valence-corrected chi connectivity index (χ3v) is 5.18. The molecule has 0 aliphatic heterocycles. The average molecular weight is 376 g/mol. The first kappa shape index (κ1) is 18.8. The molecule has 0 N–H and O–H groups in total. The Bertz CT molecular complexity index is 1040. The maximum absolute atomic E-state index is 4.29. The van der Waals surface area contributed by atoms with Gasteiger partial charge in [0.15, 0.2) is 0 Å². The lowest BCUT2D eigenvalue weighted by atomic mass is 9.99. The van der Waals surface area contributed by atoms with Crippen LogP contribution < -0.4 is 4.90 Å². The van der Waals surface area contributed by atoms with E-state index in [0.29, 0.717) is 0 Å². The normalized spacial score (nSPS) is 10.6. The van der Waals surface area contributed by atoms with E-state index in [0.717, 1.165) is 33.8 Å². The molecule has 4 aromatic rings. The van der Waals surface area contributed by atoms with E-state index in [1.54, 1.807) is 0 Å². The summed E-state index contributed by atoms with van der Waals surface area (Å²) >= 11 is 0. The molecule has 0 unspecified atom stereocenters. The highest BCUT2D eigenvalue weighted by molar-refractivity contribution is 5.81. The molecule has 142 valence electrons. The van der Waals surface area contributed by atoms with Gasteiger partial charge in [0.05, 0.1) is 0 Å². The largest absolute Gasteiger partial charge is 0.311 e. The van der Waals surface area contributed by atoms with Gasteiger partial charge in [0.1, 0.15) is 0 Å². The van der Waals surface area contributed by atoms with Gasteiger partial charge in [-0.3, -0.25) is 0 Å². The molecule has 0 aliphatic carbocycles. The molecule has 4 aromatic carbocycles. The van der Waals surface area contributed by atoms with Crippen LogP contribution in [-0.2, 0) is 0 Å². The van der Waals surface area contributed by atoms with E-state index in [4.69, 9.17) is 0 Å². The Hall–Kier alpha value is -3.58. The van der Waals surface area contributed by atoms with Crippen molar-refractivity contribution in [3.05, 3.63) is 132 Å². The highest BCUT2D eigenvalue weighted by Crippen LogP contribution is 2.35. The van der Waals surface area contributed by atoms with Crippen LogP contribution in [0.2, 0.25) is 0 Å². The van der Waals surface area contributed by atoms with E-state index in [9.17, 15) is 0 Å². The van der Waals surface area contributed by atoms with Crippen molar-refractivity contribution in [1.82, 2.24) is 0 Å². The van der Waals surface area contributed by atoms with E-state index in [2.05, 4.69) is 110 Å². The van der Waals surface area contributed by atoms with Gasteiger partial charge in [-0.25, -0.2) is 0 Å². The molecule has 0 saturated carbocycles. The van der Waals surface area contributed by atoms with Gasteiger partial charge >= 0.3 is 0 Å². The molecular formula is C28H25N. The molecule has 0 spiro atoms. The molecular weight excluding hydrogens is 350 g/mol. The van der Waals surface area contributed by atoms with Crippen LogP contribution in [0.3, 0.4) is 0 Å². The van der Waals surface area contributed by atoms with Crippen molar-refractivity contribution in [2.45, 2.75) is 13.8 Å². The second kappa shape index (κ2) is 8.20. The van der Waals surface area contributed by atoms with Gasteiger partial charge < -0.3 is 4.90 Å². The molecule has 0 bridgehead atoms. The number of rotatable bonds is 5. The Kier molecular flexibility index (Phi) is 5.31. The van der Waals surface area contributed by atoms with Crippen LogP contribution >= 0.6 is 0 Å². The van der Waals surface area contributed by atoms with Crippen LogP contribution in [-0.4, -0.2) is 0 Å². The fourth-order valence-corrected chi connectivity index (χ4v) is 3.45. The minimum Gasteiger partial charge on any atom is -0.311 e. The summed E-state index contributed by atoms with van der Waals surface area (Å²) in [6.45, 7) is 8.52. The summed E-state index contributed by atoms with van der Waals surface area (Å²) in [6.07, 6.45) is 0. The Morgan fingerprint density at radius 2 is 0.897 bits per heavy atom. The quantitative estimate of drug-likeness (QED) is 0.343. The van der Waals surface area contributed by atoms with E-state index in [1.807, 2.05) is 18.2 Å². The Morgan fingerprint density at radius 1 is 0.517 bits per heavy atom. The maximum atomic E-state index is 4.29. The Balaban J connectivity index is 1.72. The summed E-state index contributed by atoms with van der Waals surface area (Å²) in [6, 6.07) is 36.3. The zero-order valence-corrected chi connectivity index (χ0v) is 17.0. The summed E-state index contributed by atoms with van der Waals surface area (Å²) in [4.78, 5) is 2.29. The van der Waals surface area contributed by atoms with Crippen LogP contribution in [0.1, 0.15) is 22.3 Å². The molecule has 0 atom stereocenters. The first-order valence-electron chi connectivity index (χ1n) is 9.90. The van der Waals surface area contributed by atoms with Crippen molar-refractivity contribution in [2.24, 2.45) is 0 Å². The van der Waals surface area contributed by atoms with Crippen molar-refractivity contribution in [3.63, 3.8) is 0 Å². The molecule has 0 saturated heterocycles. The Morgan fingerprint density at radius 3 is 1.34 bits per heavy atom. The van der Waals surface area contributed by atoms with Gasteiger partial charge in [0.25, 0.3) is 0 Å². The first-order valence-corrected chi connectivity index (χ1v) is 9.90. The SMILES string of the molecule is C=C(c1ccccc1)c1ccc(N(c2ccc(C)cc2)c2ccc(C)cc2)cc1. The average Bonchev–Trinajstić information content (AvgIpc) is 2.77. The van der Waals surface area contributed by atoms with Crippen molar-refractivity contribution in [1.29, 1.82) is 0 Å². The predicted octanol–water partition coefficient (Wildman–Crippen LogP) is 7.83. The number of hydrogen-bond acceptors (Lipinski definition) is 1. The first-order chi connectivity index (χ1) is 14.1. The molecule has 0 amide bonds. The highest BCUT2D eigenvalue weighted by atomic mass is 15.1. The summed E-state index contributed by atoms with van der Waals surface area (Å²) in [5.74, 6) is 0. The standard InChI is InChI=1S/C28H25N/c1-21-9-15-26(16-10-21)29(27-17-11-22(2)12-18-27)28-19-13-25(14-20-28)23(3)24-7-5-4-6-8-24/h4-20H,3H2,1-2H3. The van der Waals surface area contributed by atoms with Gasteiger partial charge in [-0.15, -0.1) is 0 Å². The maximum Gasteiger partial charge on any atom is 0.0462 e. The minimum absolute atomic E-state index is 1.04. The molecule has 0 aliphatic rings. The minimum atomic E-state index is 1.04. The van der Waals surface area contributed by atoms with Crippen molar-refractivity contribution >= 4 is 22.6 Å². The Labute approximate surface area is 173 Å². The van der Waals surface area contributed by atoms with Crippen LogP contribution in [0.4, 0.5) is 17.1 Å². The molecule has 1 nitrogen and oxygen atoms in total. The molecule has 0 radical (unpaired) electrons. The smallest absolute Gasteiger partial charge is 0.0462 e. The second-order valence-electron chi connectivity index (χ2n) is 7.40. The van der Waals surface area contributed by atoms with E-state index in [-0.39, 0.29) is 0 Å². The topological polar surface area (TPSA) is 3.24 Å². The lowest BCUT2D eigenvalue weighted by molar-refractivity contribution is 1.27. The summed E-state index contributed by atoms with van der Waals surface area (Å²) in [7, 11) is 0. The van der Waals surface area contributed by atoms with E-state index >= 15 is 0 Å². The molecule has 29 heavy (non-hydrogen) atoms. The van der Waals surface area contributed by atoms with Crippen LogP contribution in [0.15, 0.2) is 110 Å². The van der Waals surface area contributed by atoms with Gasteiger partial charge in [-0.05, 0) is 66.9 Å². The summed E-state index contributed by atoms with van der Waals surface area (Å²) in [5.41, 5.74) is 9.25. The summed E-state index contributed by atoms with van der Waals surface area (Å²) in [5, 5.41) is 0. The number of aryl methyl sites for hydroxylation is 2. The fourth-order valence-electron chi connectivity index (χ4n) is 3.45. The predicted molar refractivity (Wildman–Crippen MR) is 125 cm³/mol. The van der Waals surface area contributed by atoms with Gasteiger partial charge in [0, 0.05) is 17.1 Å². The fraction of sp³-hybridized carbons (Fsp3) is 0.0714. The molecule has 4 rings (SSSR count). The monoisotopic (exact) mass is 375 g/mol. The molecule has 0 aromatic heterocycles. The van der Waals surface area contributed by atoms with Crippen LogP contribution in [0.5, 0.6) is 0 Å². The second-order valence-corrected chi connectivity index (χ2v) is 7.40. The van der Waals surface area contributed by atoms with Gasteiger partial charge in [-0.2, -0.15) is 0 Å². The third-order valence-electron chi connectivity index (χ3n) is 5.18. The zero-order valence-electron chi connectivity index (χ0n) is 17.0. The van der Waals surface area contributed by atoms with Gasteiger partial charge in [-0.1, -0.05) is 84.4 Å². The van der Waals surface area contributed by atoms with Crippen molar-refractivity contribution < 1.29 is 0 Å². The molecule has 0 heterocycles. The van der Waals surface area contributed by atoms with Crippen LogP contribution in [0.25, 0.3) is 5.57 Å². The third kappa shape index (κ3) is 4.14. The summed E-state index contributed by atoms with van der Waals surface area (Å²) < 4.78 is 0. The van der Waals surface area contributed by atoms with Crippen molar-refractivity contribution in [2.75, 3.05) is 4.90 Å². The lowest BCUT2D eigenvalue weighted by Crippen LogP contribution is -2.10. The van der Waals surface area contributed by atoms with Crippen LogP contribution in [0, 0.1) is 13.8 Å². The highest BCUT2D eigenvalue weighted by Gasteiger charge is 2.12. The number of benzene rings is 4.